The summed E-state index contributed by atoms with van der Waals surface area (Å²) in [5, 5.41) is 5.64. The molecule has 1 atom stereocenters. The Morgan fingerprint density at radius 2 is 1.21 bits per heavy atom. The number of Topliss-reactive ketones (excluding diaryl/α,β-unsaturated/α-hetero) is 1. The van der Waals surface area contributed by atoms with E-state index in [1.807, 2.05) is 0 Å². The number of unbranched alkanes of at least 4 members (excludes halogenated alkanes) is 4. The molecule has 2 rings (SSSR count). The third-order valence-electron chi connectivity index (χ3n) is 6.55. The van der Waals surface area contributed by atoms with Crippen molar-refractivity contribution in [1.29, 1.82) is 0 Å². The van der Waals surface area contributed by atoms with Gasteiger partial charge in [0.1, 0.15) is 5.78 Å². The SMILES string of the molecule is NCCCCCCNC(=O)[C@H](CCCCNC(=O)CCN1C(=O)C=CC1=O)CC(=O)CCN1C(=O)C=CC1=O. The number of amides is 6. The summed E-state index contributed by atoms with van der Waals surface area (Å²) in [6, 6.07) is 0. The van der Waals surface area contributed by atoms with E-state index in [0.717, 1.165) is 47.6 Å². The predicted molar refractivity (Wildman–Crippen MR) is 141 cm³/mol. The molecule has 2 aliphatic rings. The van der Waals surface area contributed by atoms with Crippen LogP contribution in [0.25, 0.3) is 0 Å². The summed E-state index contributed by atoms with van der Waals surface area (Å²) in [6.45, 7) is 1.49. The standard InChI is InChI=1S/C27H39N5O7/c28-14-4-1-2-5-16-30-27(39)20(19-21(33)12-17-31-23(35)8-9-24(31)36)7-3-6-15-29-22(34)13-18-32-25(37)10-11-26(32)38/h8-11,20H,1-7,12-19,28H2,(H,29,34)(H,30,39)/t20-/m1/s1. The summed E-state index contributed by atoms with van der Waals surface area (Å²) in [7, 11) is 0. The van der Waals surface area contributed by atoms with Crippen molar-refractivity contribution >= 4 is 41.2 Å². The normalized spacial score (nSPS) is 15.4. The Kier molecular flexibility index (Phi) is 13.8. The first kappa shape index (κ1) is 31.5. The minimum Gasteiger partial charge on any atom is -0.356 e. The fourth-order valence-corrected chi connectivity index (χ4v) is 4.27. The van der Waals surface area contributed by atoms with E-state index in [2.05, 4.69) is 10.6 Å². The molecular formula is C27H39N5O7. The number of rotatable bonds is 20. The van der Waals surface area contributed by atoms with Crippen LogP contribution in [-0.2, 0) is 33.6 Å². The number of hydrogen-bond acceptors (Lipinski definition) is 8. The monoisotopic (exact) mass is 545 g/mol. The molecule has 2 aliphatic heterocycles. The van der Waals surface area contributed by atoms with Crippen molar-refractivity contribution in [3.8, 4) is 0 Å². The van der Waals surface area contributed by atoms with E-state index in [0.29, 0.717) is 38.9 Å². The highest BCUT2D eigenvalue weighted by molar-refractivity contribution is 6.13. The van der Waals surface area contributed by atoms with Crippen LogP contribution in [0.15, 0.2) is 24.3 Å². The number of nitrogens with two attached hydrogens (primary N) is 1. The molecule has 0 aliphatic carbocycles. The van der Waals surface area contributed by atoms with Crippen LogP contribution in [0, 0.1) is 5.92 Å². The maximum absolute atomic E-state index is 12.8. The number of nitrogens with one attached hydrogen (secondary N) is 2. The molecule has 39 heavy (non-hydrogen) atoms. The number of hydrogen-bond donors (Lipinski definition) is 3. The van der Waals surface area contributed by atoms with Crippen LogP contribution in [0.3, 0.4) is 0 Å². The zero-order valence-corrected chi connectivity index (χ0v) is 22.3. The van der Waals surface area contributed by atoms with Crippen LogP contribution >= 0.6 is 0 Å². The van der Waals surface area contributed by atoms with Crippen LogP contribution in [0.2, 0.25) is 0 Å². The molecule has 2 heterocycles. The molecule has 0 aromatic heterocycles. The molecule has 12 nitrogen and oxygen atoms in total. The van der Waals surface area contributed by atoms with E-state index in [-0.39, 0.29) is 49.9 Å². The number of carbonyl (C=O) groups is 7. The summed E-state index contributed by atoms with van der Waals surface area (Å²) in [6.07, 6.45) is 9.94. The lowest BCUT2D eigenvalue weighted by molar-refractivity contribution is -0.139. The van der Waals surface area contributed by atoms with Crippen molar-refractivity contribution in [2.24, 2.45) is 11.7 Å². The third-order valence-corrected chi connectivity index (χ3v) is 6.55. The maximum Gasteiger partial charge on any atom is 0.253 e. The zero-order valence-electron chi connectivity index (χ0n) is 22.3. The molecule has 0 spiro atoms. The van der Waals surface area contributed by atoms with Gasteiger partial charge in [0.15, 0.2) is 0 Å². The third kappa shape index (κ3) is 11.3. The lowest BCUT2D eigenvalue weighted by Crippen LogP contribution is -2.35. The highest BCUT2D eigenvalue weighted by Crippen LogP contribution is 2.16. The van der Waals surface area contributed by atoms with Gasteiger partial charge in [-0.15, -0.1) is 0 Å². The Hall–Kier alpha value is -3.67. The first-order valence-corrected chi connectivity index (χ1v) is 13.6. The maximum atomic E-state index is 12.8. The Labute approximate surface area is 228 Å². The summed E-state index contributed by atoms with van der Waals surface area (Å²) >= 11 is 0. The van der Waals surface area contributed by atoms with E-state index in [1.165, 1.54) is 12.2 Å². The number of nitrogens with zero attached hydrogens (tertiary/aromatic N) is 2. The quantitative estimate of drug-likeness (QED) is 0.143. The molecule has 0 radical (unpaired) electrons. The lowest BCUT2D eigenvalue weighted by atomic mass is 9.94. The van der Waals surface area contributed by atoms with Gasteiger partial charge in [-0.1, -0.05) is 19.3 Å². The van der Waals surface area contributed by atoms with Crippen molar-refractivity contribution in [3.63, 3.8) is 0 Å². The predicted octanol–water partition coefficient (Wildman–Crippen LogP) is 0.114. The Morgan fingerprint density at radius 1 is 0.692 bits per heavy atom. The van der Waals surface area contributed by atoms with Crippen molar-refractivity contribution in [2.45, 2.75) is 64.2 Å². The molecular weight excluding hydrogens is 506 g/mol. The second-order valence-corrected chi connectivity index (χ2v) is 9.60. The average molecular weight is 546 g/mol. The van der Waals surface area contributed by atoms with E-state index >= 15 is 0 Å². The van der Waals surface area contributed by atoms with E-state index in [1.54, 1.807) is 0 Å². The van der Waals surface area contributed by atoms with Crippen LogP contribution in [0.5, 0.6) is 0 Å². The van der Waals surface area contributed by atoms with Gasteiger partial charge in [0, 0.05) is 75.7 Å². The van der Waals surface area contributed by atoms with Crippen LogP contribution in [0.1, 0.15) is 64.2 Å². The first-order chi connectivity index (χ1) is 18.7. The van der Waals surface area contributed by atoms with Crippen LogP contribution in [0.4, 0.5) is 0 Å². The molecule has 0 aromatic carbocycles. The van der Waals surface area contributed by atoms with E-state index in [4.69, 9.17) is 5.73 Å². The molecule has 6 amide bonds. The highest BCUT2D eigenvalue weighted by Gasteiger charge is 2.26. The highest BCUT2D eigenvalue weighted by atomic mass is 16.2. The second-order valence-electron chi connectivity index (χ2n) is 9.60. The zero-order chi connectivity index (χ0) is 28.6. The van der Waals surface area contributed by atoms with Gasteiger partial charge < -0.3 is 16.4 Å². The molecule has 0 bridgehead atoms. The molecule has 0 unspecified atom stereocenters. The topological polar surface area (TPSA) is 176 Å². The fourth-order valence-electron chi connectivity index (χ4n) is 4.27. The van der Waals surface area contributed by atoms with Gasteiger partial charge in [-0.25, -0.2) is 0 Å². The first-order valence-electron chi connectivity index (χ1n) is 13.6. The molecule has 0 saturated heterocycles. The summed E-state index contributed by atoms with van der Waals surface area (Å²) in [5.74, 6) is -3.03. The smallest absolute Gasteiger partial charge is 0.253 e. The van der Waals surface area contributed by atoms with Crippen LogP contribution in [-0.4, -0.2) is 83.7 Å². The Morgan fingerprint density at radius 3 is 1.79 bits per heavy atom. The second kappa shape index (κ2) is 17.0. The largest absolute Gasteiger partial charge is 0.356 e. The van der Waals surface area contributed by atoms with Gasteiger partial charge in [0.2, 0.25) is 11.8 Å². The number of carbonyl (C=O) groups excluding carboxylic acids is 7. The molecule has 4 N–H and O–H groups in total. The molecule has 12 heteroatoms. The van der Waals surface area contributed by atoms with Gasteiger partial charge >= 0.3 is 0 Å². The van der Waals surface area contributed by atoms with Gasteiger partial charge in [0.25, 0.3) is 23.6 Å². The molecule has 214 valence electrons. The van der Waals surface area contributed by atoms with E-state index < -0.39 is 29.5 Å². The van der Waals surface area contributed by atoms with Gasteiger partial charge in [-0.2, -0.15) is 0 Å². The summed E-state index contributed by atoms with van der Waals surface area (Å²) in [4.78, 5) is 86.0. The Bertz CT molecular complexity index is 955. The van der Waals surface area contributed by atoms with Crippen LogP contribution < -0.4 is 16.4 Å². The van der Waals surface area contributed by atoms with Crippen molar-refractivity contribution < 1.29 is 33.6 Å². The van der Waals surface area contributed by atoms with Crippen molar-refractivity contribution in [2.75, 3.05) is 32.7 Å². The fraction of sp³-hybridized carbons (Fsp3) is 0.593. The minimum absolute atomic E-state index is 0.000935. The summed E-state index contributed by atoms with van der Waals surface area (Å²) < 4.78 is 0. The Balaban J connectivity index is 1.73. The minimum atomic E-state index is -0.556. The number of ketones is 1. The lowest BCUT2D eigenvalue weighted by Gasteiger charge is -2.18. The molecule has 0 saturated carbocycles. The molecule has 0 aromatic rings. The van der Waals surface area contributed by atoms with Gasteiger partial charge in [0.05, 0.1) is 0 Å². The average Bonchev–Trinajstić information content (AvgIpc) is 3.41. The van der Waals surface area contributed by atoms with Gasteiger partial charge in [-0.05, 0) is 32.2 Å². The number of imide groups is 2. The van der Waals surface area contributed by atoms with Gasteiger partial charge in [-0.3, -0.25) is 43.4 Å². The van der Waals surface area contributed by atoms with E-state index in [9.17, 15) is 33.6 Å². The van der Waals surface area contributed by atoms with Crippen molar-refractivity contribution in [1.82, 2.24) is 20.4 Å². The molecule has 0 fully saturated rings. The summed E-state index contributed by atoms with van der Waals surface area (Å²) in [5.41, 5.74) is 5.50. The van der Waals surface area contributed by atoms with Crippen molar-refractivity contribution in [3.05, 3.63) is 24.3 Å².